The molecule has 0 N–H and O–H groups in total. The number of rotatable bonds is 7. The lowest BCUT2D eigenvalue weighted by Gasteiger charge is -2.30. The van der Waals surface area contributed by atoms with Crippen molar-refractivity contribution in [3.05, 3.63) is 70.8 Å². The second-order valence-electron chi connectivity index (χ2n) is 8.61. The SMILES string of the molecule is C=C(C)[C@@H]1CC=C(CN2CCc3c(c(C(=O)OCC)nn3Cc3ccccn3)C2)CC1. The molecule has 164 valence electrons. The average molecular weight is 421 g/mol. The lowest BCUT2D eigenvalue weighted by atomic mass is 9.85. The summed E-state index contributed by atoms with van der Waals surface area (Å²) in [7, 11) is 0. The summed E-state index contributed by atoms with van der Waals surface area (Å²) < 4.78 is 7.25. The molecule has 2 aromatic heterocycles. The van der Waals surface area contributed by atoms with Gasteiger partial charge in [-0.15, -0.1) is 0 Å². The Balaban J connectivity index is 1.53. The van der Waals surface area contributed by atoms with E-state index in [0.29, 0.717) is 24.8 Å². The van der Waals surface area contributed by atoms with Crippen LogP contribution in [0.3, 0.4) is 0 Å². The molecule has 31 heavy (non-hydrogen) atoms. The first kappa shape index (κ1) is 21.5. The van der Waals surface area contributed by atoms with Crippen LogP contribution in [0.1, 0.15) is 60.5 Å². The fourth-order valence-corrected chi connectivity index (χ4v) is 4.59. The van der Waals surface area contributed by atoms with Crippen molar-refractivity contribution in [3.8, 4) is 0 Å². The molecule has 0 saturated carbocycles. The molecule has 0 radical (unpaired) electrons. The molecule has 2 aromatic rings. The van der Waals surface area contributed by atoms with E-state index in [2.05, 4.69) is 34.6 Å². The molecule has 0 fully saturated rings. The molecule has 1 aliphatic carbocycles. The van der Waals surface area contributed by atoms with Crippen LogP contribution in [0.25, 0.3) is 0 Å². The molecule has 0 bridgehead atoms. The standard InChI is InChI=1S/C25H32N4O2/c1-4-31-25(30)24-22-17-28(15-19-8-10-20(11-9-19)18(2)3)14-12-23(22)29(27-24)16-21-7-5-6-13-26-21/h5-8,13,20H,2,4,9-12,14-17H2,1,3H3/t20-/m1/s1. The molecule has 0 saturated heterocycles. The van der Waals surface area contributed by atoms with Gasteiger partial charge in [0.15, 0.2) is 5.69 Å². The number of carbonyl (C=O) groups is 1. The third-order valence-corrected chi connectivity index (χ3v) is 6.35. The number of esters is 1. The first-order valence-electron chi connectivity index (χ1n) is 11.3. The van der Waals surface area contributed by atoms with Crippen LogP contribution in [0.4, 0.5) is 0 Å². The third-order valence-electron chi connectivity index (χ3n) is 6.35. The highest BCUT2D eigenvalue weighted by Crippen LogP contribution is 2.30. The molecule has 6 heteroatoms. The summed E-state index contributed by atoms with van der Waals surface area (Å²) in [5.41, 5.74) is 6.32. The molecular formula is C25H32N4O2. The first-order chi connectivity index (χ1) is 15.0. The summed E-state index contributed by atoms with van der Waals surface area (Å²) in [6.45, 7) is 11.6. The Morgan fingerprint density at radius 2 is 2.16 bits per heavy atom. The van der Waals surface area contributed by atoms with Gasteiger partial charge in [-0.25, -0.2) is 4.79 Å². The minimum Gasteiger partial charge on any atom is -0.461 e. The van der Waals surface area contributed by atoms with Crippen LogP contribution in [-0.4, -0.2) is 45.3 Å². The second-order valence-corrected chi connectivity index (χ2v) is 8.61. The Kier molecular flexibility index (Phi) is 6.66. The number of carbonyl (C=O) groups excluding carboxylic acids is 1. The fraction of sp³-hybridized carbons (Fsp3) is 0.480. The number of nitrogens with zero attached hydrogens (tertiary/aromatic N) is 4. The van der Waals surface area contributed by atoms with E-state index in [1.807, 2.05) is 29.8 Å². The van der Waals surface area contributed by atoms with Crippen LogP contribution in [0, 0.1) is 5.92 Å². The van der Waals surface area contributed by atoms with Gasteiger partial charge in [0.2, 0.25) is 0 Å². The van der Waals surface area contributed by atoms with Crippen LogP contribution in [-0.2, 0) is 24.2 Å². The van der Waals surface area contributed by atoms with Gasteiger partial charge >= 0.3 is 5.97 Å². The topological polar surface area (TPSA) is 60.3 Å². The van der Waals surface area contributed by atoms with E-state index in [-0.39, 0.29) is 5.97 Å². The first-order valence-corrected chi connectivity index (χ1v) is 11.3. The summed E-state index contributed by atoms with van der Waals surface area (Å²) in [5.74, 6) is 0.290. The lowest BCUT2D eigenvalue weighted by molar-refractivity contribution is 0.0516. The predicted octanol–water partition coefficient (Wildman–Crippen LogP) is 4.16. The Hall–Kier alpha value is -2.73. The number of allylic oxidation sites excluding steroid dienone is 2. The van der Waals surface area contributed by atoms with Gasteiger partial charge in [-0.1, -0.05) is 29.9 Å². The number of pyridine rings is 1. The van der Waals surface area contributed by atoms with Crippen molar-refractivity contribution in [1.82, 2.24) is 19.7 Å². The van der Waals surface area contributed by atoms with Crippen LogP contribution in [0.15, 0.2) is 48.2 Å². The highest BCUT2D eigenvalue weighted by Gasteiger charge is 2.29. The molecule has 0 aromatic carbocycles. The minimum atomic E-state index is -0.332. The smallest absolute Gasteiger partial charge is 0.359 e. The van der Waals surface area contributed by atoms with Crippen molar-refractivity contribution >= 4 is 5.97 Å². The number of hydrogen-bond donors (Lipinski definition) is 0. The van der Waals surface area contributed by atoms with E-state index in [1.54, 1.807) is 6.20 Å². The normalized spacial score (nSPS) is 18.9. The van der Waals surface area contributed by atoms with Crippen LogP contribution in [0.2, 0.25) is 0 Å². The van der Waals surface area contributed by atoms with Gasteiger partial charge < -0.3 is 4.74 Å². The highest BCUT2D eigenvalue weighted by molar-refractivity contribution is 5.89. The maximum Gasteiger partial charge on any atom is 0.359 e. The Morgan fingerprint density at radius 3 is 2.84 bits per heavy atom. The number of ether oxygens (including phenoxy) is 1. The van der Waals surface area contributed by atoms with Gasteiger partial charge in [0, 0.05) is 43.5 Å². The number of aromatic nitrogens is 3. The minimum absolute atomic E-state index is 0.332. The molecular weight excluding hydrogens is 388 g/mol. The third kappa shape index (κ3) is 4.96. The fourth-order valence-electron chi connectivity index (χ4n) is 4.59. The van der Waals surface area contributed by atoms with Gasteiger partial charge in [-0.2, -0.15) is 5.10 Å². The van der Waals surface area contributed by atoms with Gasteiger partial charge in [-0.3, -0.25) is 14.6 Å². The summed E-state index contributed by atoms with van der Waals surface area (Å²) in [4.78, 5) is 19.5. The van der Waals surface area contributed by atoms with Crippen LogP contribution < -0.4 is 0 Å². The van der Waals surface area contributed by atoms with Gasteiger partial charge in [0.1, 0.15) is 0 Å². The Labute approximate surface area is 184 Å². The summed E-state index contributed by atoms with van der Waals surface area (Å²) in [5, 5.41) is 4.67. The van der Waals surface area contributed by atoms with Gasteiger partial charge in [-0.05, 0) is 51.2 Å². The van der Waals surface area contributed by atoms with E-state index in [9.17, 15) is 4.79 Å². The van der Waals surface area contributed by atoms with Crippen molar-refractivity contribution < 1.29 is 9.53 Å². The second kappa shape index (κ2) is 9.60. The van der Waals surface area contributed by atoms with Crippen LogP contribution >= 0.6 is 0 Å². The van der Waals surface area contributed by atoms with E-state index >= 15 is 0 Å². The molecule has 3 heterocycles. The molecule has 1 atom stereocenters. The molecule has 0 amide bonds. The zero-order chi connectivity index (χ0) is 21.8. The van der Waals surface area contributed by atoms with Crippen molar-refractivity contribution in [2.45, 2.75) is 52.6 Å². The molecule has 0 unspecified atom stereocenters. The average Bonchev–Trinajstić information content (AvgIpc) is 3.13. The van der Waals surface area contributed by atoms with Gasteiger partial charge in [0.25, 0.3) is 0 Å². The highest BCUT2D eigenvalue weighted by atomic mass is 16.5. The lowest BCUT2D eigenvalue weighted by Crippen LogP contribution is -2.34. The summed E-state index contributed by atoms with van der Waals surface area (Å²) in [6.07, 6.45) is 8.47. The Bertz CT molecular complexity index is 977. The largest absolute Gasteiger partial charge is 0.461 e. The Morgan fingerprint density at radius 1 is 1.29 bits per heavy atom. The number of fused-ring (bicyclic) bond motifs is 1. The molecule has 1 aliphatic heterocycles. The van der Waals surface area contributed by atoms with Crippen molar-refractivity contribution in [1.29, 1.82) is 0 Å². The van der Waals surface area contributed by atoms with E-state index in [4.69, 9.17) is 4.74 Å². The molecule has 2 aliphatic rings. The molecule has 0 spiro atoms. The molecule has 6 nitrogen and oxygen atoms in total. The number of hydrogen-bond acceptors (Lipinski definition) is 5. The predicted molar refractivity (Wildman–Crippen MR) is 121 cm³/mol. The van der Waals surface area contributed by atoms with Crippen LogP contribution in [0.5, 0.6) is 0 Å². The molecule has 4 rings (SSSR count). The summed E-state index contributed by atoms with van der Waals surface area (Å²) >= 11 is 0. The maximum absolute atomic E-state index is 12.6. The van der Waals surface area contributed by atoms with Crippen molar-refractivity contribution in [2.24, 2.45) is 5.92 Å². The quantitative estimate of drug-likeness (QED) is 0.497. The van der Waals surface area contributed by atoms with Crippen molar-refractivity contribution in [2.75, 3.05) is 19.7 Å². The zero-order valence-corrected chi connectivity index (χ0v) is 18.6. The van der Waals surface area contributed by atoms with E-state index in [1.165, 1.54) is 17.6 Å². The maximum atomic E-state index is 12.6. The monoisotopic (exact) mass is 420 g/mol. The van der Waals surface area contributed by atoms with E-state index in [0.717, 1.165) is 55.8 Å². The zero-order valence-electron chi connectivity index (χ0n) is 18.6. The van der Waals surface area contributed by atoms with E-state index < -0.39 is 0 Å². The summed E-state index contributed by atoms with van der Waals surface area (Å²) in [6, 6.07) is 5.87. The van der Waals surface area contributed by atoms with Crippen molar-refractivity contribution in [3.63, 3.8) is 0 Å². The van der Waals surface area contributed by atoms with Gasteiger partial charge in [0.05, 0.1) is 18.8 Å².